The van der Waals surface area contributed by atoms with Crippen molar-refractivity contribution in [2.24, 2.45) is 11.8 Å². The molecular weight excluding hydrogens is 260 g/mol. The van der Waals surface area contributed by atoms with Crippen molar-refractivity contribution in [1.82, 2.24) is 4.90 Å². The summed E-state index contributed by atoms with van der Waals surface area (Å²) in [4.78, 5) is 14.8. The van der Waals surface area contributed by atoms with Crippen LogP contribution in [0.2, 0.25) is 0 Å². The van der Waals surface area contributed by atoms with E-state index in [9.17, 15) is 10.1 Å². The predicted octanol–water partition coefficient (Wildman–Crippen LogP) is 3.16. The Balaban J connectivity index is 1.69. The van der Waals surface area contributed by atoms with Crippen molar-refractivity contribution >= 4 is 5.91 Å². The van der Waals surface area contributed by atoms with Crippen LogP contribution in [-0.2, 0) is 11.2 Å². The topological polar surface area (TPSA) is 44.1 Å². The molecule has 1 aromatic rings. The molecule has 3 heteroatoms. The number of hydrogen-bond acceptors (Lipinski definition) is 2. The van der Waals surface area contributed by atoms with Crippen molar-refractivity contribution in [3.05, 3.63) is 35.9 Å². The average molecular weight is 282 g/mol. The molecule has 2 fully saturated rings. The average Bonchev–Trinajstić information content (AvgIpc) is 2.97. The Morgan fingerprint density at radius 3 is 2.76 bits per heavy atom. The zero-order valence-corrected chi connectivity index (χ0v) is 12.4. The number of carbonyl (C=O) groups excluding carboxylic acids is 1. The summed E-state index contributed by atoms with van der Waals surface area (Å²) in [6.07, 6.45) is 6.56. The molecule has 110 valence electrons. The van der Waals surface area contributed by atoms with Crippen molar-refractivity contribution in [3.63, 3.8) is 0 Å². The van der Waals surface area contributed by atoms with Gasteiger partial charge >= 0.3 is 0 Å². The molecule has 0 radical (unpaired) electrons. The summed E-state index contributed by atoms with van der Waals surface area (Å²) in [7, 11) is 0. The van der Waals surface area contributed by atoms with E-state index in [1.807, 2.05) is 35.2 Å². The molecule has 3 rings (SSSR count). The molecule has 1 aromatic carbocycles. The van der Waals surface area contributed by atoms with Crippen molar-refractivity contribution < 1.29 is 4.79 Å². The summed E-state index contributed by atoms with van der Waals surface area (Å²) in [5.74, 6) is 0.197. The number of benzene rings is 1. The maximum absolute atomic E-state index is 12.7. The number of nitrogens with zero attached hydrogens (tertiary/aromatic N) is 2. The molecular formula is C18H22N2O. The van der Waals surface area contributed by atoms with Gasteiger partial charge in [-0.1, -0.05) is 43.2 Å². The highest BCUT2D eigenvalue weighted by Gasteiger charge is 2.40. The second-order valence-electron chi connectivity index (χ2n) is 6.30. The Morgan fingerprint density at radius 2 is 2.00 bits per heavy atom. The number of likely N-dealkylation sites (tertiary alicyclic amines) is 1. The fourth-order valence-electron chi connectivity index (χ4n) is 3.92. The lowest BCUT2D eigenvalue weighted by Crippen LogP contribution is -2.42. The number of amides is 1. The minimum absolute atomic E-state index is 0.0516. The summed E-state index contributed by atoms with van der Waals surface area (Å²) in [5.41, 5.74) is 1.07. The quantitative estimate of drug-likeness (QED) is 0.854. The fourth-order valence-corrected chi connectivity index (χ4v) is 3.92. The van der Waals surface area contributed by atoms with Gasteiger partial charge in [0.25, 0.3) is 0 Å². The van der Waals surface area contributed by atoms with Crippen LogP contribution in [0.5, 0.6) is 0 Å². The van der Waals surface area contributed by atoms with E-state index in [-0.39, 0.29) is 5.91 Å². The zero-order chi connectivity index (χ0) is 14.7. The molecule has 0 bridgehead atoms. The van der Waals surface area contributed by atoms with E-state index in [4.69, 9.17) is 0 Å². The Morgan fingerprint density at radius 1 is 1.24 bits per heavy atom. The lowest BCUT2D eigenvalue weighted by molar-refractivity contribution is -0.135. The van der Waals surface area contributed by atoms with E-state index in [0.717, 1.165) is 24.9 Å². The molecule has 1 heterocycles. The fraction of sp³-hybridized carbons (Fsp3) is 0.556. The minimum atomic E-state index is -0.534. The molecule has 0 aromatic heterocycles. The predicted molar refractivity (Wildman–Crippen MR) is 81.3 cm³/mol. The van der Waals surface area contributed by atoms with Crippen LogP contribution >= 0.6 is 0 Å². The number of fused-ring (bicyclic) bond motifs is 1. The first-order valence-electron chi connectivity index (χ1n) is 8.03. The second-order valence-corrected chi connectivity index (χ2v) is 6.30. The Bertz CT molecular complexity index is 534. The van der Waals surface area contributed by atoms with Crippen LogP contribution in [-0.4, -0.2) is 23.4 Å². The van der Waals surface area contributed by atoms with Crippen LogP contribution < -0.4 is 0 Å². The summed E-state index contributed by atoms with van der Waals surface area (Å²) < 4.78 is 0. The monoisotopic (exact) mass is 282 g/mol. The lowest BCUT2D eigenvalue weighted by Gasteiger charge is -2.32. The van der Waals surface area contributed by atoms with Crippen molar-refractivity contribution in [2.45, 2.75) is 44.6 Å². The highest BCUT2D eigenvalue weighted by atomic mass is 16.2. The number of nitriles is 1. The van der Waals surface area contributed by atoms with Gasteiger partial charge in [0.15, 0.2) is 0 Å². The number of carbonyl (C=O) groups is 1. The van der Waals surface area contributed by atoms with E-state index in [2.05, 4.69) is 6.07 Å². The van der Waals surface area contributed by atoms with Gasteiger partial charge in [0.2, 0.25) is 5.91 Å². The third-order valence-corrected chi connectivity index (χ3v) is 5.03. The summed E-state index contributed by atoms with van der Waals surface area (Å²) >= 11 is 0. The second kappa shape index (κ2) is 6.30. The van der Waals surface area contributed by atoms with Crippen molar-refractivity contribution in [3.8, 4) is 6.07 Å². The van der Waals surface area contributed by atoms with Crippen LogP contribution in [0.4, 0.5) is 0 Å². The third kappa shape index (κ3) is 2.95. The van der Waals surface area contributed by atoms with Crippen molar-refractivity contribution in [2.75, 3.05) is 6.54 Å². The summed E-state index contributed by atoms with van der Waals surface area (Å²) in [6.45, 7) is 0.848. The molecule has 1 aliphatic heterocycles. The van der Waals surface area contributed by atoms with Gasteiger partial charge in [-0.3, -0.25) is 4.79 Å². The molecule has 1 saturated heterocycles. The Hall–Kier alpha value is -1.82. The van der Waals surface area contributed by atoms with Crippen LogP contribution in [0, 0.1) is 23.2 Å². The number of rotatable bonds is 3. The molecule has 1 aliphatic carbocycles. The largest absolute Gasteiger partial charge is 0.338 e. The van der Waals surface area contributed by atoms with Crippen LogP contribution in [0.25, 0.3) is 0 Å². The van der Waals surface area contributed by atoms with E-state index < -0.39 is 5.92 Å². The lowest BCUT2D eigenvalue weighted by atomic mass is 9.85. The van der Waals surface area contributed by atoms with Gasteiger partial charge in [0.1, 0.15) is 5.92 Å². The minimum Gasteiger partial charge on any atom is -0.338 e. The van der Waals surface area contributed by atoms with Gasteiger partial charge in [0.05, 0.1) is 6.07 Å². The van der Waals surface area contributed by atoms with Gasteiger partial charge in [-0.05, 0) is 37.2 Å². The van der Waals surface area contributed by atoms with E-state index >= 15 is 0 Å². The van der Waals surface area contributed by atoms with Crippen molar-refractivity contribution in [1.29, 1.82) is 5.26 Å². The SMILES string of the molecule is N#CC(Cc1ccccc1)C(=O)N1CCC2CCCCC21. The van der Waals surface area contributed by atoms with Gasteiger partial charge in [0, 0.05) is 12.6 Å². The first-order chi connectivity index (χ1) is 10.3. The van der Waals surface area contributed by atoms with E-state index in [1.165, 1.54) is 19.3 Å². The smallest absolute Gasteiger partial charge is 0.240 e. The molecule has 1 amide bonds. The molecule has 1 saturated carbocycles. The molecule has 0 N–H and O–H groups in total. The molecule has 3 nitrogen and oxygen atoms in total. The van der Waals surface area contributed by atoms with Crippen LogP contribution in [0.3, 0.4) is 0 Å². The maximum atomic E-state index is 12.7. The zero-order valence-electron chi connectivity index (χ0n) is 12.4. The van der Waals surface area contributed by atoms with Gasteiger partial charge in [-0.25, -0.2) is 0 Å². The van der Waals surface area contributed by atoms with Crippen LogP contribution in [0.15, 0.2) is 30.3 Å². The molecule has 3 unspecified atom stereocenters. The van der Waals surface area contributed by atoms with Crippen LogP contribution in [0.1, 0.15) is 37.7 Å². The van der Waals surface area contributed by atoms with Gasteiger partial charge < -0.3 is 4.90 Å². The van der Waals surface area contributed by atoms with Gasteiger partial charge in [-0.15, -0.1) is 0 Å². The normalized spacial score (nSPS) is 26.0. The summed E-state index contributed by atoms with van der Waals surface area (Å²) in [6, 6.07) is 12.5. The first-order valence-corrected chi connectivity index (χ1v) is 8.03. The Kier molecular flexibility index (Phi) is 4.24. The van der Waals surface area contributed by atoms with E-state index in [1.54, 1.807) is 0 Å². The number of hydrogen-bond donors (Lipinski definition) is 0. The third-order valence-electron chi connectivity index (χ3n) is 5.03. The Labute approximate surface area is 126 Å². The highest BCUT2D eigenvalue weighted by Crippen LogP contribution is 2.36. The molecule has 0 spiro atoms. The maximum Gasteiger partial charge on any atom is 0.240 e. The molecule has 3 atom stereocenters. The van der Waals surface area contributed by atoms with Gasteiger partial charge in [-0.2, -0.15) is 5.26 Å². The first kappa shape index (κ1) is 14.1. The molecule has 2 aliphatic rings. The highest BCUT2D eigenvalue weighted by molar-refractivity contribution is 5.82. The van der Waals surface area contributed by atoms with E-state index in [0.29, 0.717) is 18.4 Å². The summed E-state index contributed by atoms with van der Waals surface area (Å²) in [5, 5.41) is 9.42. The standard InChI is InChI=1S/C18H22N2O/c19-13-16(12-14-6-2-1-3-7-14)18(21)20-11-10-15-8-4-5-9-17(15)20/h1-3,6-7,15-17H,4-5,8-12H2. The molecule has 21 heavy (non-hydrogen) atoms.